The number of hydrogen-bond donors (Lipinski definition) is 0. The van der Waals surface area contributed by atoms with Crippen molar-refractivity contribution < 1.29 is 9.47 Å². The maximum Gasteiger partial charge on any atom is 0.119 e. The lowest BCUT2D eigenvalue weighted by atomic mass is 9.77. The summed E-state index contributed by atoms with van der Waals surface area (Å²) in [4.78, 5) is 0. The summed E-state index contributed by atoms with van der Waals surface area (Å²) in [5.74, 6) is 2.67. The Morgan fingerprint density at radius 1 is 0.692 bits per heavy atom. The Kier molecular flexibility index (Phi) is 13.0. The highest BCUT2D eigenvalue weighted by Gasteiger charge is 2.22. The molecule has 2 aliphatic carbocycles. The van der Waals surface area contributed by atoms with E-state index in [4.69, 9.17) is 9.47 Å². The van der Waals surface area contributed by atoms with Crippen LogP contribution in [0.3, 0.4) is 0 Å². The number of benzene rings is 2. The first-order valence-corrected chi connectivity index (χ1v) is 16.3. The highest BCUT2D eigenvalue weighted by Crippen LogP contribution is 2.38. The lowest BCUT2D eigenvalue weighted by molar-refractivity contribution is 0.0321. The van der Waals surface area contributed by atoms with Gasteiger partial charge < -0.3 is 9.47 Å². The number of aryl methyl sites for hydroxylation is 2. The number of allylic oxidation sites excluding steroid dienone is 1. The van der Waals surface area contributed by atoms with Crippen molar-refractivity contribution in [3.8, 4) is 5.75 Å². The average molecular weight is 531 g/mol. The van der Waals surface area contributed by atoms with E-state index in [2.05, 4.69) is 62.0 Å². The molecule has 39 heavy (non-hydrogen) atoms. The van der Waals surface area contributed by atoms with E-state index in [9.17, 15) is 0 Å². The van der Waals surface area contributed by atoms with Crippen LogP contribution in [0.1, 0.15) is 126 Å². The molecule has 2 aliphatic rings. The Labute approximate surface area is 239 Å². The van der Waals surface area contributed by atoms with Crippen LogP contribution in [0.25, 0.3) is 0 Å². The molecule has 2 nitrogen and oxygen atoms in total. The molecule has 2 saturated carbocycles. The maximum absolute atomic E-state index is 6.04. The minimum atomic E-state index is 0.447. The van der Waals surface area contributed by atoms with Crippen molar-refractivity contribution in [2.75, 3.05) is 13.2 Å². The molecule has 0 N–H and O–H groups in total. The molecule has 0 atom stereocenters. The van der Waals surface area contributed by atoms with Gasteiger partial charge in [-0.3, -0.25) is 0 Å². The van der Waals surface area contributed by atoms with Gasteiger partial charge in [0.2, 0.25) is 0 Å². The van der Waals surface area contributed by atoms with Crippen LogP contribution in [0.4, 0.5) is 0 Å². The predicted molar refractivity (Wildman–Crippen MR) is 166 cm³/mol. The fourth-order valence-corrected chi connectivity index (χ4v) is 6.45. The molecule has 0 radical (unpaired) electrons. The van der Waals surface area contributed by atoms with Crippen LogP contribution in [0.5, 0.6) is 5.75 Å². The van der Waals surface area contributed by atoms with Gasteiger partial charge in [-0.25, -0.2) is 0 Å². The lowest BCUT2D eigenvalue weighted by Gasteiger charge is -2.29. The van der Waals surface area contributed by atoms with Crippen molar-refractivity contribution in [1.82, 2.24) is 0 Å². The molecule has 0 bridgehead atoms. The second-order valence-electron chi connectivity index (χ2n) is 12.3. The second kappa shape index (κ2) is 16.9. The Morgan fingerprint density at radius 2 is 1.33 bits per heavy atom. The molecule has 0 aliphatic heterocycles. The summed E-state index contributed by atoms with van der Waals surface area (Å²) < 4.78 is 12.0. The summed E-state index contributed by atoms with van der Waals surface area (Å²) in [6.07, 6.45) is 21.8. The monoisotopic (exact) mass is 530 g/mol. The average Bonchev–Trinajstić information content (AvgIpc) is 2.98. The van der Waals surface area contributed by atoms with E-state index >= 15 is 0 Å². The number of hydrogen-bond acceptors (Lipinski definition) is 2. The van der Waals surface area contributed by atoms with Crippen LogP contribution < -0.4 is 4.74 Å². The highest BCUT2D eigenvalue weighted by atomic mass is 16.5. The topological polar surface area (TPSA) is 18.5 Å². The molecule has 0 unspecified atom stereocenters. The van der Waals surface area contributed by atoms with Crippen LogP contribution in [0, 0.1) is 5.92 Å². The SMILES string of the molecule is C=C1CCC(OCCCCOc2ccc(C3CCC(CCCCc4ccc(CCCC)cc4)CC3)cc2)CC1. The van der Waals surface area contributed by atoms with Crippen molar-refractivity contribution in [3.05, 3.63) is 77.4 Å². The minimum Gasteiger partial charge on any atom is -0.494 e. The molecule has 0 saturated heterocycles. The fraction of sp³-hybridized carbons (Fsp3) is 0.622. The van der Waals surface area contributed by atoms with Crippen molar-refractivity contribution >= 4 is 0 Å². The number of unbranched alkanes of at least 4 members (excludes halogenated alkanes) is 3. The molecule has 2 heteroatoms. The Hall–Kier alpha value is -2.06. The van der Waals surface area contributed by atoms with E-state index in [1.54, 1.807) is 0 Å². The first kappa shape index (κ1) is 29.9. The highest BCUT2D eigenvalue weighted by molar-refractivity contribution is 5.29. The first-order valence-electron chi connectivity index (χ1n) is 16.3. The zero-order valence-corrected chi connectivity index (χ0v) is 24.8. The smallest absolute Gasteiger partial charge is 0.119 e. The summed E-state index contributed by atoms with van der Waals surface area (Å²) in [6, 6.07) is 18.4. The van der Waals surface area contributed by atoms with E-state index in [1.807, 2.05) is 0 Å². The molecule has 0 aromatic heterocycles. The van der Waals surface area contributed by atoms with E-state index in [-0.39, 0.29) is 0 Å². The second-order valence-corrected chi connectivity index (χ2v) is 12.3. The minimum absolute atomic E-state index is 0.447. The lowest BCUT2D eigenvalue weighted by Crippen LogP contribution is -2.18. The van der Waals surface area contributed by atoms with Gasteiger partial charge in [-0.2, -0.15) is 0 Å². The number of rotatable bonds is 16. The van der Waals surface area contributed by atoms with Gasteiger partial charge in [0, 0.05) is 6.61 Å². The molecule has 0 heterocycles. The quantitative estimate of drug-likeness (QED) is 0.159. The van der Waals surface area contributed by atoms with Crippen LogP contribution in [-0.4, -0.2) is 19.3 Å². The Bertz CT molecular complexity index is 926. The summed E-state index contributed by atoms with van der Waals surface area (Å²) in [7, 11) is 0. The van der Waals surface area contributed by atoms with Gasteiger partial charge >= 0.3 is 0 Å². The predicted octanol–water partition coefficient (Wildman–Crippen LogP) is 10.4. The summed E-state index contributed by atoms with van der Waals surface area (Å²) >= 11 is 0. The summed E-state index contributed by atoms with van der Waals surface area (Å²) in [5, 5.41) is 0. The largest absolute Gasteiger partial charge is 0.494 e. The van der Waals surface area contributed by atoms with Crippen LogP contribution in [-0.2, 0) is 17.6 Å². The summed E-state index contributed by atoms with van der Waals surface area (Å²) in [6.45, 7) is 7.99. The van der Waals surface area contributed by atoms with Crippen LogP contribution in [0.15, 0.2) is 60.7 Å². The number of ether oxygens (including phenoxy) is 2. The molecule has 2 fully saturated rings. The maximum atomic E-state index is 6.04. The van der Waals surface area contributed by atoms with Gasteiger partial charge in [0.25, 0.3) is 0 Å². The molecular formula is C37H54O2. The van der Waals surface area contributed by atoms with E-state index in [0.29, 0.717) is 6.10 Å². The third-order valence-corrected chi connectivity index (χ3v) is 9.17. The van der Waals surface area contributed by atoms with E-state index < -0.39 is 0 Å². The van der Waals surface area contributed by atoms with Crippen molar-refractivity contribution in [1.29, 1.82) is 0 Å². The van der Waals surface area contributed by atoms with Crippen molar-refractivity contribution in [3.63, 3.8) is 0 Å². The third kappa shape index (κ3) is 10.8. The van der Waals surface area contributed by atoms with Gasteiger partial charge in [0.05, 0.1) is 12.7 Å². The van der Waals surface area contributed by atoms with Crippen LogP contribution >= 0.6 is 0 Å². The standard InChI is InChI=1S/C37H54O2/c1-3-4-9-31-14-16-32(17-15-31)10-5-6-11-33-18-20-34(21-19-33)35-22-26-37(27-23-35)39-29-8-7-28-38-36-24-12-30(2)13-25-36/h14-17,22-23,26-27,33-34,36H,2-13,18-21,24-25,28-29H2,1H3. The Balaban J connectivity index is 1.03. The van der Waals surface area contributed by atoms with Gasteiger partial charge in [-0.05, 0) is 131 Å². The molecule has 214 valence electrons. The van der Waals surface area contributed by atoms with Gasteiger partial charge in [-0.1, -0.05) is 74.7 Å². The van der Waals surface area contributed by atoms with Gasteiger partial charge in [0.1, 0.15) is 5.75 Å². The zero-order valence-electron chi connectivity index (χ0n) is 24.8. The molecular weight excluding hydrogens is 476 g/mol. The fourth-order valence-electron chi connectivity index (χ4n) is 6.45. The molecule has 2 aromatic rings. The molecule has 2 aromatic carbocycles. The molecule has 0 amide bonds. The van der Waals surface area contributed by atoms with E-state index in [1.165, 1.54) is 92.9 Å². The van der Waals surface area contributed by atoms with Gasteiger partial charge in [-0.15, -0.1) is 0 Å². The van der Waals surface area contributed by atoms with Crippen molar-refractivity contribution in [2.45, 2.75) is 128 Å². The molecule has 0 spiro atoms. The van der Waals surface area contributed by atoms with Crippen molar-refractivity contribution in [2.24, 2.45) is 5.92 Å². The third-order valence-electron chi connectivity index (χ3n) is 9.17. The first-order chi connectivity index (χ1) is 19.2. The zero-order chi connectivity index (χ0) is 27.1. The van der Waals surface area contributed by atoms with E-state index in [0.717, 1.165) is 69.3 Å². The Morgan fingerprint density at radius 3 is 2.00 bits per heavy atom. The normalized spacial score (nSPS) is 20.3. The molecule has 4 rings (SSSR count). The van der Waals surface area contributed by atoms with Crippen LogP contribution in [0.2, 0.25) is 0 Å². The summed E-state index contributed by atoms with van der Waals surface area (Å²) in [5.41, 5.74) is 5.91. The van der Waals surface area contributed by atoms with Gasteiger partial charge in [0.15, 0.2) is 0 Å².